The number of nitrogens with zero attached hydrogens (tertiary/aromatic N) is 1. The van der Waals surface area contributed by atoms with E-state index in [0.717, 1.165) is 31.3 Å². The van der Waals surface area contributed by atoms with E-state index in [9.17, 15) is 12.8 Å². The van der Waals surface area contributed by atoms with Crippen LogP contribution in [0, 0.1) is 11.7 Å². The van der Waals surface area contributed by atoms with Gasteiger partial charge in [-0.05, 0) is 37.7 Å². The first-order valence-corrected chi connectivity index (χ1v) is 8.59. The monoisotopic (exact) mass is 320 g/mol. The normalized spacial score (nSPS) is 27.4. The minimum atomic E-state index is -3.81. The van der Waals surface area contributed by atoms with Crippen molar-refractivity contribution in [3.8, 4) is 0 Å². The lowest BCUT2D eigenvalue weighted by Crippen LogP contribution is -2.51. The van der Waals surface area contributed by atoms with Crippen LogP contribution in [0.15, 0.2) is 23.4 Å². The molecule has 0 saturated heterocycles. The molecule has 0 aliphatic heterocycles. The van der Waals surface area contributed by atoms with E-state index in [1.165, 1.54) is 0 Å². The van der Waals surface area contributed by atoms with Crippen molar-refractivity contribution in [2.75, 3.05) is 5.88 Å². The number of hydrogen-bond acceptors (Lipinski definition) is 3. The summed E-state index contributed by atoms with van der Waals surface area (Å²) in [5.74, 6) is 0.110. The molecule has 1 aromatic rings. The molecule has 112 valence electrons. The van der Waals surface area contributed by atoms with Crippen LogP contribution in [0.1, 0.15) is 32.6 Å². The molecule has 7 heteroatoms. The molecule has 1 fully saturated rings. The number of aromatic nitrogens is 1. The van der Waals surface area contributed by atoms with E-state index >= 15 is 0 Å². The molecule has 1 aromatic heterocycles. The quantitative estimate of drug-likeness (QED) is 0.868. The van der Waals surface area contributed by atoms with Gasteiger partial charge >= 0.3 is 0 Å². The number of alkyl halides is 1. The number of halogens is 2. The van der Waals surface area contributed by atoms with Crippen LogP contribution in [0.4, 0.5) is 4.39 Å². The standard InChI is InChI=1S/C13H18ClFN2O2S/c1-10-2-4-13(9-14,5-3-10)17-20(18,19)12-6-11(15)7-16-8-12/h6-8,10,17H,2-5,9H2,1H3. The third-order valence-electron chi connectivity index (χ3n) is 3.83. The van der Waals surface area contributed by atoms with Crippen molar-refractivity contribution in [2.24, 2.45) is 5.92 Å². The molecule has 0 atom stereocenters. The summed E-state index contributed by atoms with van der Waals surface area (Å²) in [5, 5.41) is 0. The Morgan fingerprint density at radius 3 is 2.65 bits per heavy atom. The maximum Gasteiger partial charge on any atom is 0.242 e. The first-order chi connectivity index (χ1) is 9.37. The van der Waals surface area contributed by atoms with Gasteiger partial charge < -0.3 is 0 Å². The van der Waals surface area contributed by atoms with Gasteiger partial charge in [-0.2, -0.15) is 0 Å². The fourth-order valence-corrected chi connectivity index (χ4v) is 4.31. The summed E-state index contributed by atoms with van der Waals surface area (Å²) in [6.07, 6.45) is 5.35. The van der Waals surface area contributed by atoms with E-state index in [0.29, 0.717) is 18.8 Å². The third kappa shape index (κ3) is 3.48. The molecular formula is C13H18ClFN2O2S. The number of pyridine rings is 1. The van der Waals surface area contributed by atoms with Gasteiger partial charge in [0.25, 0.3) is 0 Å². The van der Waals surface area contributed by atoms with Gasteiger partial charge in [-0.3, -0.25) is 4.98 Å². The van der Waals surface area contributed by atoms with Crippen LogP contribution in [0.2, 0.25) is 0 Å². The van der Waals surface area contributed by atoms with E-state index in [2.05, 4.69) is 16.6 Å². The average molecular weight is 321 g/mol. The lowest BCUT2D eigenvalue weighted by Gasteiger charge is -2.38. The first-order valence-electron chi connectivity index (χ1n) is 6.57. The zero-order chi connectivity index (χ0) is 14.8. The molecular weight excluding hydrogens is 303 g/mol. The summed E-state index contributed by atoms with van der Waals surface area (Å²) in [6, 6.07) is 0.961. The molecule has 2 rings (SSSR count). The van der Waals surface area contributed by atoms with Gasteiger partial charge in [0, 0.05) is 17.6 Å². The summed E-state index contributed by atoms with van der Waals surface area (Å²) in [5.41, 5.74) is -0.640. The number of rotatable bonds is 4. The minimum absolute atomic E-state index is 0.166. The highest BCUT2D eigenvalue weighted by molar-refractivity contribution is 7.89. The Bertz CT molecular complexity index is 571. The van der Waals surface area contributed by atoms with E-state index in [-0.39, 0.29) is 10.8 Å². The predicted octanol–water partition coefficient (Wildman–Crippen LogP) is 2.69. The van der Waals surface area contributed by atoms with Crippen molar-refractivity contribution in [1.82, 2.24) is 9.71 Å². The zero-order valence-electron chi connectivity index (χ0n) is 11.3. The average Bonchev–Trinajstić information content (AvgIpc) is 2.41. The van der Waals surface area contributed by atoms with Crippen molar-refractivity contribution in [2.45, 2.75) is 43.0 Å². The van der Waals surface area contributed by atoms with Crippen molar-refractivity contribution in [3.63, 3.8) is 0 Å². The molecule has 20 heavy (non-hydrogen) atoms. The second kappa shape index (κ2) is 5.95. The van der Waals surface area contributed by atoms with Crippen molar-refractivity contribution < 1.29 is 12.8 Å². The van der Waals surface area contributed by atoms with Crippen LogP contribution in [-0.4, -0.2) is 24.8 Å². The fourth-order valence-electron chi connectivity index (χ4n) is 2.46. The molecule has 0 radical (unpaired) electrons. The molecule has 0 unspecified atom stereocenters. The Morgan fingerprint density at radius 2 is 2.10 bits per heavy atom. The summed E-state index contributed by atoms with van der Waals surface area (Å²) in [4.78, 5) is 3.41. The summed E-state index contributed by atoms with van der Waals surface area (Å²) in [7, 11) is -3.81. The van der Waals surface area contributed by atoms with Crippen molar-refractivity contribution in [1.29, 1.82) is 0 Å². The van der Waals surface area contributed by atoms with E-state index in [1.54, 1.807) is 0 Å². The Hall–Kier alpha value is -0.720. The van der Waals surface area contributed by atoms with Gasteiger partial charge in [0.15, 0.2) is 0 Å². The first kappa shape index (κ1) is 15.7. The third-order valence-corrected chi connectivity index (χ3v) is 5.89. The minimum Gasteiger partial charge on any atom is -0.260 e. The molecule has 1 aliphatic rings. The SMILES string of the molecule is CC1CCC(CCl)(NS(=O)(=O)c2cncc(F)c2)CC1. The van der Waals surface area contributed by atoms with Crippen LogP contribution < -0.4 is 4.72 Å². The molecule has 1 N–H and O–H groups in total. The predicted molar refractivity (Wildman–Crippen MR) is 75.6 cm³/mol. The fraction of sp³-hybridized carbons (Fsp3) is 0.615. The van der Waals surface area contributed by atoms with Crippen LogP contribution in [-0.2, 0) is 10.0 Å². The van der Waals surface area contributed by atoms with Crippen LogP contribution >= 0.6 is 11.6 Å². The Morgan fingerprint density at radius 1 is 1.45 bits per heavy atom. The van der Waals surface area contributed by atoms with Crippen molar-refractivity contribution >= 4 is 21.6 Å². The van der Waals surface area contributed by atoms with E-state index in [1.807, 2.05) is 0 Å². The number of nitrogens with one attached hydrogen (secondary N) is 1. The van der Waals surface area contributed by atoms with E-state index < -0.39 is 21.4 Å². The largest absolute Gasteiger partial charge is 0.260 e. The Labute approximate surface area is 123 Å². The lowest BCUT2D eigenvalue weighted by molar-refractivity contribution is 0.247. The Kier molecular flexibility index (Phi) is 4.66. The van der Waals surface area contributed by atoms with Crippen molar-refractivity contribution in [3.05, 3.63) is 24.3 Å². The van der Waals surface area contributed by atoms with Crippen LogP contribution in [0.25, 0.3) is 0 Å². The highest BCUT2D eigenvalue weighted by Crippen LogP contribution is 2.34. The number of hydrogen-bond donors (Lipinski definition) is 1. The number of sulfonamides is 1. The molecule has 0 spiro atoms. The van der Waals surface area contributed by atoms with Gasteiger partial charge in [-0.15, -0.1) is 11.6 Å². The molecule has 0 amide bonds. The highest BCUT2D eigenvalue weighted by Gasteiger charge is 2.37. The second-order valence-corrected chi connectivity index (χ2v) is 7.49. The maximum atomic E-state index is 13.1. The molecule has 0 bridgehead atoms. The van der Waals surface area contributed by atoms with E-state index in [4.69, 9.17) is 11.6 Å². The topological polar surface area (TPSA) is 59.1 Å². The molecule has 0 aromatic carbocycles. The van der Waals surface area contributed by atoms with Gasteiger partial charge in [-0.25, -0.2) is 17.5 Å². The molecule has 1 aliphatic carbocycles. The summed E-state index contributed by atoms with van der Waals surface area (Å²) in [6.45, 7) is 2.14. The van der Waals surface area contributed by atoms with Gasteiger partial charge in [0.05, 0.1) is 6.20 Å². The van der Waals surface area contributed by atoms with Crippen LogP contribution in [0.5, 0.6) is 0 Å². The maximum absolute atomic E-state index is 13.1. The van der Waals surface area contributed by atoms with Gasteiger partial charge in [0.1, 0.15) is 10.7 Å². The molecule has 1 heterocycles. The molecule has 4 nitrogen and oxygen atoms in total. The zero-order valence-corrected chi connectivity index (χ0v) is 12.8. The van der Waals surface area contributed by atoms with Gasteiger partial charge in [-0.1, -0.05) is 6.92 Å². The second-order valence-electron chi connectivity index (χ2n) is 5.54. The lowest BCUT2D eigenvalue weighted by atomic mass is 9.79. The summed E-state index contributed by atoms with van der Waals surface area (Å²) >= 11 is 5.99. The Balaban J connectivity index is 2.22. The summed E-state index contributed by atoms with van der Waals surface area (Å²) < 4.78 is 40.4. The van der Waals surface area contributed by atoms with Gasteiger partial charge in [0.2, 0.25) is 10.0 Å². The smallest absolute Gasteiger partial charge is 0.242 e. The molecule has 1 saturated carbocycles. The van der Waals surface area contributed by atoms with Crippen LogP contribution in [0.3, 0.4) is 0 Å². The highest BCUT2D eigenvalue weighted by atomic mass is 35.5.